The lowest BCUT2D eigenvalue weighted by Gasteiger charge is -2.42. The Balaban J connectivity index is 1.33. The quantitative estimate of drug-likeness (QED) is 0.153. The predicted molar refractivity (Wildman–Crippen MR) is 197 cm³/mol. The number of likely N-dealkylation sites (tertiary alicyclic amines) is 1. The maximum atomic E-state index is 14.5. The second-order valence-electron chi connectivity index (χ2n) is 17.2. The van der Waals surface area contributed by atoms with Crippen LogP contribution in [0, 0.1) is 23.2 Å². The van der Waals surface area contributed by atoms with E-state index in [0.717, 1.165) is 32.1 Å². The van der Waals surface area contributed by atoms with Crippen molar-refractivity contribution in [2.45, 2.75) is 138 Å². The Labute approximate surface area is 318 Å². The van der Waals surface area contributed by atoms with Crippen molar-refractivity contribution >= 4 is 62.6 Å². The summed E-state index contributed by atoms with van der Waals surface area (Å²) in [7, 11) is -3.65. The summed E-state index contributed by atoms with van der Waals surface area (Å²) in [6.07, 6.45) is 6.93. The highest BCUT2D eigenvalue weighted by Gasteiger charge is 2.74. The van der Waals surface area contributed by atoms with Gasteiger partial charge in [0.2, 0.25) is 17.6 Å². The van der Waals surface area contributed by atoms with E-state index in [0.29, 0.717) is 58.3 Å². The summed E-state index contributed by atoms with van der Waals surface area (Å²) in [6, 6.07) is -3.98. The van der Waals surface area contributed by atoms with Gasteiger partial charge in [0.25, 0.3) is 5.91 Å². The summed E-state index contributed by atoms with van der Waals surface area (Å²) in [5, 5.41) is 11.2. The maximum Gasteiger partial charge on any atom is 0.315 e. The topological polar surface area (TPSA) is 180 Å². The molecule has 5 fully saturated rings. The molecule has 5 amide bonds. The number of nitrogens with zero attached hydrogens (tertiary/aromatic N) is 1. The van der Waals surface area contributed by atoms with Crippen LogP contribution < -0.4 is 21.3 Å². The summed E-state index contributed by atoms with van der Waals surface area (Å²) in [5.41, 5.74) is -1.83. The van der Waals surface area contributed by atoms with Gasteiger partial charge in [-0.05, 0) is 56.8 Å². The number of carbonyl (C=O) groups is 5. The van der Waals surface area contributed by atoms with E-state index in [1.807, 2.05) is 6.92 Å². The SMILES string of the molecule is CCCNC(=O)C(=O)[C@H](CC1CC1)NC(=O)[C@@H]1[C@@H]2[C@H](CN1C(=O)[C@@H](NC(=O)NC1(CS(=O)(=O)C3(C)CCOCC3)CCCCC1)C(C)(C)C)C2(Cl)Cl. The van der Waals surface area contributed by atoms with Crippen molar-refractivity contribution in [3.8, 4) is 0 Å². The number of rotatable bonds is 14. The maximum absolute atomic E-state index is 14.5. The van der Waals surface area contributed by atoms with Gasteiger partial charge in [-0.15, -0.1) is 23.2 Å². The van der Waals surface area contributed by atoms with Gasteiger partial charge in [0.05, 0.1) is 22.1 Å². The summed E-state index contributed by atoms with van der Waals surface area (Å²) < 4.78 is 31.0. The van der Waals surface area contributed by atoms with E-state index in [4.69, 9.17) is 27.9 Å². The summed E-state index contributed by atoms with van der Waals surface area (Å²) in [5.74, 6) is -3.68. The number of hydrogen-bond acceptors (Lipinski definition) is 8. The number of ketones is 1. The molecule has 0 aromatic carbocycles. The largest absolute Gasteiger partial charge is 0.381 e. The van der Waals surface area contributed by atoms with E-state index in [2.05, 4.69) is 21.3 Å². The number of piperidine rings is 1. The van der Waals surface area contributed by atoms with Crippen molar-refractivity contribution in [3.63, 3.8) is 0 Å². The van der Waals surface area contributed by atoms with Gasteiger partial charge >= 0.3 is 6.03 Å². The molecule has 16 heteroatoms. The molecule has 13 nitrogen and oxygen atoms in total. The first-order valence-electron chi connectivity index (χ1n) is 18.9. The number of ether oxygens (including phenoxy) is 1. The molecule has 0 radical (unpaired) electrons. The number of halogens is 2. The van der Waals surface area contributed by atoms with Crippen molar-refractivity contribution in [1.29, 1.82) is 0 Å². The van der Waals surface area contributed by atoms with Crippen molar-refractivity contribution < 1.29 is 37.1 Å². The average Bonchev–Trinajstić information content (AvgIpc) is 3.92. The molecule has 0 aromatic heterocycles. The average molecular weight is 791 g/mol. The third-order valence-electron chi connectivity index (χ3n) is 11.9. The van der Waals surface area contributed by atoms with E-state index in [1.165, 1.54) is 4.90 Å². The first-order chi connectivity index (χ1) is 24.3. The van der Waals surface area contributed by atoms with Gasteiger partial charge in [-0.2, -0.15) is 0 Å². The fourth-order valence-corrected chi connectivity index (χ4v) is 11.3. The van der Waals surface area contributed by atoms with Gasteiger partial charge in [-0.25, -0.2) is 13.2 Å². The molecule has 5 atom stereocenters. The highest BCUT2D eigenvalue weighted by Crippen LogP contribution is 2.65. The monoisotopic (exact) mass is 789 g/mol. The van der Waals surface area contributed by atoms with Crippen molar-refractivity contribution in [2.24, 2.45) is 23.2 Å². The molecule has 294 valence electrons. The molecule has 4 N–H and O–H groups in total. The van der Waals surface area contributed by atoms with Crippen LogP contribution in [-0.4, -0.2) is 108 Å². The van der Waals surface area contributed by atoms with Crippen LogP contribution in [0.4, 0.5) is 4.79 Å². The fraction of sp³-hybridized carbons (Fsp3) is 0.861. The van der Waals surface area contributed by atoms with Crippen LogP contribution in [0.25, 0.3) is 0 Å². The zero-order chi connectivity index (χ0) is 38.3. The molecular weight excluding hydrogens is 733 g/mol. The summed E-state index contributed by atoms with van der Waals surface area (Å²) in [4.78, 5) is 69.6. The molecule has 0 unspecified atom stereocenters. The molecule has 3 saturated carbocycles. The minimum Gasteiger partial charge on any atom is -0.381 e. The molecule has 5 rings (SSSR count). The van der Waals surface area contributed by atoms with E-state index in [9.17, 15) is 32.4 Å². The number of hydrogen-bond donors (Lipinski definition) is 4. The lowest BCUT2D eigenvalue weighted by atomic mass is 9.83. The second-order valence-corrected chi connectivity index (χ2v) is 21.1. The van der Waals surface area contributed by atoms with Crippen molar-refractivity contribution in [1.82, 2.24) is 26.2 Å². The van der Waals surface area contributed by atoms with E-state index in [-0.39, 0.29) is 18.2 Å². The standard InChI is InChI=1S/C36H57Cl2N5O8S/c1-6-16-39-30(46)27(44)24(19-22-10-11-22)40-29(45)26-25-23(36(25,37)38)20-43(26)31(47)28(33(2,3)4)41-32(48)42-35(12-8-7-9-13-35)21-52(49,50)34(5)14-17-51-18-15-34/h22-26,28H,6-21H2,1-5H3,(H,39,46)(H,40,45)(H2,41,42,48)/t23-,24-,25-,26-,28+/m0/s1. The highest BCUT2D eigenvalue weighted by molar-refractivity contribution is 7.92. The number of Topliss-reactive ketones (excluding diaryl/α,β-unsaturated/α-hetero) is 1. The van der Waals surface area contributed by atoms with Crippen LogP contribution in [0.5, 0.6) is 0 Å². The Morgan fingerprint density at radius 2 is 1.60 bits per heavy atom. The zero-order valence-corrected chi connectivity index (χ0v) is 33.5. The Bertz CT molecular complexity index is 1500. The lowest BCUT2D eigenvalue weighted by molar-refractivity contribution is -0.144. The van der Waals surface area contributed by atoms with Crippen LogP contribution in [0.3, 0.4) is 0 Å². The lowest BCUT2D eigenvalue weighted by Crippen LogP contribution is -2.64. The zero-order valence-electron chi connectivity index (χ0n) is 31.2. The van der Waals surface area contributed by atoms with Gasteiger partial charge in [0.15, 0.2) is 9.84 Å². The van der Waals surface area contributed by atoms with E-state index in [1.54, 1.807) is 27.7 Å². The molecule has 0 spiro atoms. The Kier molecular flexibility index (Phi) is 12.2. The van der Waals surface area contributed by atoms with Crippen LogP contribution in [0.1, 0.15) is 105 Å². The summed E-state index contributed by atoms with van der Waals surface area (Å²) >= 11 is 13.2. The number of urea groups is 1. The smallest absolute Gasteiger partial charge is 0.315 e. The number of amides is 5. The van der Waals surface area contributed by atoms with Gasteiger partial charge < -0.3 is 30.9 Å². The van der Waals surface area contributed by atoms with Gasteiger partial charge in [-0.3, -0.25) is 19.2 Å². The van der Waals surface area contributed by atoms with E-state index < -0.39 is 89.4 Å². The third-order valence-corrected chi connectivity index (χ3v) is 15.8. The molecule has 2 saturated heterocycles. The van der Waals surface area contributed by atoms with Crippen molar-refractivity contribution in [2.75, 3.05) is 32.1 Å². The van der Waals surface area contributed by atoms with Crippen LogP contribution in [0.2, 0.25) is 0 Å². The normalized spacial score (nSPS) is 27.4. The number of alkyl halides is 2. The van der Waals surface area contributed by atoms with Crippen molar-refractivity contribution in [3.05, 3.63) is 0 Å². The second kappa shape index (κ2) is 15.5. The first-order valence-corrected chi connectivity index (χ1v) is 21.4. The molecule has 0 aromatic rings. The molecule has 5 aliphatic rings. The molecule has 0 bridgehead atoms. The van der Waals surface area contributed by atoms with Gasteiger partial charge in [0.1, 0.15) is 16.4 Å². The molecule has 2 heterocycles. The molecular formula is C36H57Cl2N5O8S. The Hall–Kier alpha value is -2.16. The molecule has 2 aliphatic heterocycles. The van der Waals surface area contributed by atoms with Crippen LogP contribution >= 0.6 is 23.2 Å². The van der Waals surface area contributed by atoms with E-state index >= 15 is 0 Å². The minimum absolute atomic E-state index is 0.0627. The number of nitrogens with one attached hydrogen (secondary N) is 4. The molecule has 3 aliphatic carbocycles. The fourth-order valence-electron chi connectivity index (χ4n) is 8.20. The number of sulfone groups is 1. The Morgan fingerprint density at radius 1 is 0.962 bits per heavy atom. The van der Waals surface area contributed by atoms with Crippen LogP contribution in [-0.2, 0) is 33.8 Å². The van der Waals surface area contributed by atoms with Gasteiger partial charge in [-0.1, -0.05) is 59.8 Å². The molecule has 52 heavy (non-hydrogen) atoms. The summed E-state index contributed by atoms with van der Waals surface area (Å²) in [6.45, 7) is 10.1. The van der Waals surface area contributed by atoms with Crippen LogP contribution in [0.15, 0.2) is 0 Å². The number of carbonyl (C=O) groups excluding carboxylic acids is 5. The first kappa shape index (κ1) is 41.0. The predicted octanol–water partition coefficient (Wildman–Crippen LogP) is 3.40. The number of fused-ring (bicyclic) bond motifs is 1. The Morgan fingerprint density at radius 3 is 2.17 bits per heavy atom. The highest BCUT2D eigenvalue weighted by atomic mass is 35.5. The third kappa shape index (κ3) is 8.86. The minimum atomic E-state index is -3.65. The van der Waals surface area contributed by atoms with Gasteiger partial charge in [0, 0.05) is 38.1 Å².